The molecule has 6 aromatic heterocycles. The van der Waals surface area contributed by atoms with Crippen LogP contribution < -0.4 is 10.6 Å². The first-order valence-corrected chi connectivity index (χ1v) is 26.1. The molecule has 8 atom stereocenters. The Kier molecular flexibility index (Phi) is 13.8. The molecule has 0 saturated carbocycles. The number of carbonyl (C=O) groups excluding carboxylic acids is 5. The molecule has 6 aromatic rings. The lowest BCUT2D eigenvalue weighted by molar-refractivity contribution is -0.185. The number of Topliss-reactive ketones (excluding diaryl/α,β-unsaturated/α-hetero) is 2. The second-order valence-electron chi connectivity index (χ2n) is 18.4. The SMILES string of the molecule is COC(OC)(c1cccnc1)c1ncn2cc(C(=O)[C@H](C)[C@H]3NC(=O)[C@@H]3[C@@H](C)O[Si](C)(C)C(C)(C)C)sc12.C[C@@H](O)[C@H]1C(=O)N[C@@H]1[C@@H](C)C(=O)c1cn2cnc(C(=O)c3cccnc3)c2s1. The maximum Gasteiger partial charge on any atom is 0.243 e. The molecular weight excluding hydrogens is 901 g/mol. The molecule has 2 amide bonds. The standard InChI is InChI=1S/C27H38N4O5SSi.C19H18N4O4S/c1-16(21-20(24(33)30-21)17(2)36-38(8,9)26(3,4)5)22(32)19-14-31-15-29-23(25(31)37-19)27(34-6,35-7)18-11-10-12-28-13-18;1-9(14-13(10(2)24)18(27)22-14)16(25)12-7-23-8-21-15(19(23)28-12)17(26)11-4-3-5-20-6-11/h10-17,20-21H,1-9H3,(H,30,33);3-10,13-14,24H,1-2H3,(H,22,27)/t16-,17-,20-,21-;9-,10-,13-,14-/m11/s1. The number of fused-ring (bicyclic) bond motifs is 2. The van der Waals surface area contributed by atoms with Crippen LogP contribution in [0.25, 0.3) is 9.66 Å². The van der Waals surface area contributed by atoms with Gasteiger partial charge in [0.1, 0.15) is 33.7 Å². The molecule has 3 N–H and O–H groups in total. The predicted molar refractivity (Wildman–Crippen MR) is 250 cm³/mol. The Balaban J connectivity index is 0.000000205. The molecule has 2 aliphatic heterocycles. The minimum Gasteiger partial charge on any atom is -0.413 e. The number of β-lactam (4-membered cyclic amide) rings is 2. The van der Waals surface area contributed by atoms with E-state index in [9.17, 15) is 29.1 Å². The van der Waals surface area contributed by atoms with Crippen LogP contribution in [0.1, 0.15) is 95.1 Å². The van der Waals surface area contributed by atoms with Crippen LogP contribution in [0, 0.1) is 23.7 Å². The lowest BCUT2D eigenvalue weighted by atomic mass is 9.77. The minimum absolute atomic E-state index is 0.0262. The van der Waals surface area contributed by atoms with Gasteiger partial charge >= 0.3 is 0 Å². The molecule has 0 aliphatic carbocycles. The van der Waals surface area contributed by atoms with Crippen LogP contribution in [-0.2, 0) is 29.3 Å². The number of carbonyl (C=O) groups is 5. The van der Waals surface area contributed by atoms with Gasteiger partial charge in [-0.3, -0.25) is 42.7 Å². The third kappa shape index (κ3) is 8.82. The van der Waals surface area contributed by atoms with Crippen LogP contribution >= 0.6 is 22.7 Å². The van der Waals surface area contributed by atoms with Crippen LogP contribution in [-0.4, -0.2) is 110 Å². The van der Waals surface area contributed by atoms with E-state index in [1.165, 1.54) is 35.2 Å². The quantitative estimate of drug-likeness (QED) is 0.0442. The van der Waals surface area contributed by atoms with Crippen molar-refractivity contribution < 1.29 is 43.0 Å². The lowest BCUT2D eigenvalue weighted by Gasteiger charge is -2.46. The highest BCUT2D eigenvalue weighted by atomic mass is 32.1. The maximum absolute atomic E-state index is 13.7. The molecule has 0 bridgehead atoms. The number of aromatic nitrogens is 6. The number of ketones is 3. The topological polar surface area (TPSA) is 218 Å². The summed E-state index contributed by atoms with van der Waals surface area (Å²) in [5.41, 5.74) is 1.92. The van der Waals surface area contributed by atoms with Crippen LogP contribution in [0.5, 0.6) is 0 Å². The second-order valence-corrected chi connectivity index (χ2v) is 25.2. The lowest BCUT2D eigenvalue weighted by Crippen LogP contribution is -2.66. The van der Waals surface area contributed by atoms with Gasteiger partial charge in [-0.2, -0.15) is 0 Å². The summed E-state index contributed by atoms with van der Waals surface area (Å²) in [6, 6.07) is 6.31. The van der Waals surface area contributed by atoms with Gasteiger partial charge in [-0.05, 0) is 50.2 Å². The number of pyridine rings is 2. The van der Waals surface area contributed by atoms with Crippen molar-refractivity contribution in [3.05, 3.63) is 106 Å². The Hall–Kier alpha value is -5.35. The van der Waals surface area contributed by atoms with Crippen molar-refractivity contribution in [1.82, 2.24) is 39.4 Å². The Bertz CT molecular complexity index is 2760. The van der Waals surface area contributed by atoms with Crippen molar-refractivity contribution in [2.24, 2.45) is 23.7 Å². The van der Waals surface area contributed by atoms with Crippen molar-refractivity contribution in [3.63, 3.8) is 0 Å². The van der Waals surface area contributed by atoms with Gasteiger partial charge in [0.15, 0.2) is 19.9 Å². The normalized spacial score (nSPS) is 20.5. The zero-order valence-corrected chi connectivity index (χ0v) is 41.4. The van der Waals surface area contributed by atoms with Gasteiger partial charge in [0.25, 0.3) is 0 Å². The highest BCUT2D eigenvalue weighted by molar-refractivity contribution is 7.20. The van der Waals surface area contributed by atoms with Gasteiger partial charge in [0.05, 0.1) is 45.9 Å². The number of aliphatic hydroxyl groups excluding tert-OH is 1. The van der Waals surface area contributed by atoms with Crippen LogP contribution in [0.15, 0.2) is 74.1 Å². The Morgan fingerprint density at radius 3 is 1.82 bits per heavy atom. The van der Waals surface area contributed by atoms with Crippen molar-refractivity contribution in [2.45, 2.75) is 96.7 Å². The van der Waals surface area contributed by atoms with Crippen molar-refractivity contribution in [3.8, 4) is 0 Å². The summed E-state index contributed by atoms with van der Waals surface area (Å²) >= 11 is 2.52. The smallest absolute Gasteiger partial charge is 0.243 e. The number of rotatable bonds is 16. The average Bonchev–Trinajstić information content (AvgIpc) is 4.07. The monoisotopic (exact) mass is 956 g/mol. The number of ether oxygens (including phenoxy) is 2. The summed E-state index contributed by atoms with van der Waals surface area (Å²) in [5, 5.41) is 15.5. The molecule has 0 unspecified atom stereocenters. The fraction of sp³-hybridized carbons (Fsp3) is 0.457. The molecule has 2 aliphatic rings. The molecule has 8 heterocycles. The largest absolute Gasteiger partial charge is 0.413 e. The highest BCUT2D eigenvalue weighted by Crippen LogP contribution is 2.41. The summed E-state index contributed by atoms with van der Waals surface area (Å²) in [6.45, 7) is 18.0. The molecular formula is C46H56N8O9S2Si. The van der Waals surface area contributed by atoms with E-state index in [-0.39, 0.29) is 58.0 Å². The number of hydrogen-bond acceptors (Lipinski definition) is 15. The fourth-order valence-corrected chi connectivity index (χ4v) is 12.0. The van der Waals surface area contributed by atoms with Crippen LogP contribution in [0.2, 0.25) is 18.1 Å². The first kappa shape index (κ1) is 48.6. The van der Waals surface area contributed by atoms with Gasteiger partial charge in [-0.25, -0.2) is 9.97 Å². The summed E-state index contributed by atoms with van der Waals surface area (Å²) in [4.78, 5) is 82.8. The minimum atomic E-state index is -2.07. The molecule has 350 valence electrons. The maximum atomic E-state index is 13.7. The Morgan fingerprint density at radius 1 is 0.788 bits per heavy atom. The molecule has 0 radical (unpaired) electrons. The third-order valence-corrected chi connectivity index (χ3v) is 20.0. The highest BCUT2D eigenvalue weighted by Gasteiger charge is 2.51. The molecule has 0 aromatic carbocycles. The third-order valence-electron chi connectivity index (χ3n) is 13.2. The second kappa shape index (κ2) is 18.7. The summed E-state index contributed by atoms with van der Waals surface area (Å²) in [7, 11) is 1.03. The number of methoxy groups -OCH3 is 2. The number of hydrogen-bond donors (Lipinski definition) is 3. The van der Waals surface area contributed by atoms with E-state index in [1.54, 1.807) is 88.0 Å². The molecule has 20 heteroatoms. The van der Waals surface area contributed by atoms with Crippen LogP contribution in [0.3, 0.4) is 0 Å². The molecule has 0 spiro atoms. The molecule has 2 fully saturated rings. The average molecular weight is 957 g/mol. The van der Waals surface area contributed by atoms with Gasteiger partial charge in [-0.15, -0.1) is 22.7 Å². The molecule has 17 nitrogen and oxygen atoms in total. The van der Waals surface area contributed by atoms with Gasteiger partial charge in [-0.1, -0.05) is 40.7 Å². The van der Waals surface area contributed by atoms with E-state index >= 15 is 0 Å². The Morgan fingerprint density at radius 2 is 1.32 bits per heavy atom. The molecule has 2 saturated heterocycles. The number of thiazole rings is 2. The van der Waals surface area contributed by atoms with Crippen molar-refractivity contribution >= 4 is 69.8 Å². The summed E-state index contributed by atoms with van der Waals surface area (Å²) in [5.74, 6) is -3.90. The van der Waals surface area contributed by atoms with E-state index in [0.29, 0.717) is 31.4 Å². The number of nitrogens with zero attached hydrogens (tertiary/aromatic N) is 6. The van der Waals surface area contributed by atoms with Gasteiger partial charge in [0.2, 0.25) is 23.4 Å². The van der Waals surface area contributed by atoms with Crippen molar-refractivity contribution in [1.29, 1.82) is 0 Å². The van der Waals surface area contributed by atoms with E-state index in [2.05, 4.69) is 64.4 Å². The number of imidazole rings is 2. The summed E-state index contributed by atoms with van der Waals surface area (Å²) in [6.07, 6.45) is 11.9. The molecule has 66 heavy (non-hydrogen) atoms. The van der Waals surface area contributed by atoms with Crippen LogP contribution in [0.4, 0.5) is 0 Å². The van der Waals surface area contributed by atoms with Crippen molar-refractivity contribution in [2.75, 3.05) is 14.2 Å². The number of nitrogens with one attached hydrogen (secondary N) is 2. The van der Waals surface area contributed by atoms with E-state index in [1.807, 2.05) is 24.3 Å². The zero-order chi connectivity index (χ0) is 48.0. The van der Waals surface area contributed by atoms with Gasteiger partial charge in [0, 0.05) is 74.4 Å². The summed E-state index contributed by atoms with van der Waals surface area (Å²) < 4.78 is 21.7. The number of amides is 2. The molecule has 8 rings (SSSR count). The fourth-order valence-electron chi connectivity index (χ4n) is 8.27. The first-order valence-electron chi connectivity index (χ1n) is 21.6. The number of aliphatic hydroxyl groups is 1. The Labute approximate surface area is 391 Å². The predicted octanol–water partition coefficient (Wildman–Crippen LogP) is 5.96. The van der Waals surface area contributed by atoms with E-state index in [0.717, 1.165) is 4.83 Å². The first-order chi connectivity index (χ1) is 31.1. The zero-order valence-electron chi connectivity index (χ0n) is 38.8. The van der Waals surface area contributed by atoms with E-state index in [4.69, 9.17) is 13.9 Å². The van der Waals surface area contributed by atoms with E-state index < -0.39 is 44.0 Å². The van der Waals surface area contributed by atoms with Gasteiger partial charge < -0.3 is 29.6 Å².